The Morgan fingerprint density at radius 3 is 2.45 bits per heavy atom. The maximum Gasteiger partial charge on any atom is 0.407 e. The molecule has 2 aromatic carbocycles. The number of nitrogens with one attached hydrogen (secondary N) is 2. The number of rotatable bonds is 10. The van der Waals surface area contributed by atoms with Crippen LogP contribution in [-0.2, 0) is 20.9 Å². The average molecular weight is 448 g/mol. The monoisotopic (exact) mass is 447 g/mol. The first-order valence-electron chi connectivity index (χ1n) is 9.46. The molecule has 0 aromatic heterocycles. The van der Waals surface area contributed by atoms with Crippen molar-refractivity contribution in [2.45, 2.75) is 25.5 Å². The third-order valence-corrected chi connectivity index (χ3v) is 4.13. The molecule has 0 saturated heterocycles. The van der Waals surface area contributed by atoms with Gasteiger partial charge in [-0.3, -0.25) is 4.79 Å². The highest BCUT2D eigenvalue weighted by molar-refractivity contribution is 5.97. The first-order chi connectivity index (χ1) is 14.5. The first kappa shape index (κ1) is 25.7. The summed E-state index contributed by atoms with van der Waals surface area (Å²) in [6, 6.07) is 15.4. The van der Waals surface area contributed by atoms with Crippen molar-refractivity contribution in [3.8, 4) is 0 Å². The van der Waals surface area contributed by atoms with Crippen LogP contribution in [0.4, 0.5) is 10.5 Å². The Labute approximate surface area is 186 Å². The molecule has 166 valence electrons. The van der Waals surface area contributed by atoms with Crippen LogP contribution in [0.1, 0.15) is 24.0 Å². The van der Waals surface area contributed by atoms with Gasteiger partial charge < -0.3 is 26.2 Å². The van der Waals surface area contributed by atoms with E-state index in [4.69, 9.17) is 15.6 Å². The van der Waals surface area contributed by atoms with Gasteiger partial charge in [0.15, 0.2) is 0 Å². The number of carbonyl (C=O) groups is 3. The lowest BCUT2D eigenvalue weighted by Gasteiger charge is -2.14. The van der Waals surface area contributed by atoms with Gasteiger partial charge in [-0.15, -0.1) is 12.4 Å². The number of halogens is 1. The van der Waals surface area contributed by atoms with Crippen molar-refractivity contribution in [1.82, 2.24) is 5.32 Å². The summed E-state index contributed by atoms with van der Waals surface area (Å²) in [5, 5.41) is 14.1. The molecule has 0 spiro atoms. The highest BCUT2D eigenvalue weighted by Gasteiger charge is 2.14. The largest absolute Gasteiger partial charge is 0.478 e. The first-order valence-corrected chi connectivity index (χ1v) is 9.46. The molecule has 0 radical (unpaired) electrons. The normalized spacial score (nSPS) is 11.3. The van der Waals surface area contributed by atoms with E-state index >= 15 is 0 Å². The highest BCUT2D eigenvalue weighted by atomic mass is 35.5. The summed E-state index contributed by atoms with van der Waals surface area (Å²) in [7, 11) is 0. The summed E-state index contributed by atoms with van der Waals surface area (Å²) in [5.74, 6) is -1.47. The molecule has 1 atom stereocenters. The van der Waals surface area contributed by atoms with Crippen molar-refractivity contribution in [2.75, 3.05) is 11.9 Å². The maximum absolute atomic E-state index is 12.3. The molecule has 31 heavy (non-hydrogen) atoms. The third-order valence-electron chi connectivity index (χ3n) is 4.13. The Balaban J connectivity index is 0.00000480. The van der Waals surface area contributed by atoms with Crippen molar-refractivity contribution in [3.63, 3.8) is 0 Å². The number of hydrogen-bond acceptors (Lipinski definition) is 5. The molecule has 0 aliphatic carbocycles. The molecule has 2 amide bonds. The zero-order valence-electron chi connectivity index (χ0n) is 16.8. The molecule has 8 nitrogen and oxygen atoms in total. The highest BCUT2D eigenvalue weighted by Crippen LogP contribution is 2.17. The Morgan fingerprint density at radius 1 is 1.06 bits per heavy atom. The standard InChI is InChI=1S/C22H25N3O5.ClH/c23-18(10-6-14-24-22(29)30-15-16-7-2-1-3-8-16)21(28)25-19-11-5-4-9-17(19)12-13-20(26)27;/h1-5,7-9,11-13,18H,6,10,14-15,23H2,(H,24,29)(H,25,28)(H,26,27);1H/t18-;/m0./s1. The van der Waals surface area contributed by atoms with Crippen LogP contribution in [0.2, 0.25) is 0 Å². The van der Waals surface area contributed by atoms with Crippen LogP contribution in [0.5, 0.6) is 0 Å². The quantitative estimate of drug-likeness (QED) is 0.327. The number of aliphatic carboxylic acids is 1. The van der Waals surface area contributed by atoms with Gasteiger partial charge in [0.1, 0.15) is 6.61 Å². The number of alkyl carbamates (subject to hydrolysis) is 1. The minimum absolute atomic E-state index is 0. The molecule has 0 bridgehead atoms. The number of ether oxygens (including phenoxy) is 1. The molecule has 0 aliphatic heterocycles. The molecule has 0 saturated carbocycles. The molecule has 5 N–H and O–H groups in total. The minimum Gasteiger partial charge on any atom is -0.478 e. The van der Waals surface area contributed by atoms with Gasteiger partial charge in [-0.25, -0.2) is 9.59 Å². The van der Waals surface area contributed by atoms with Crippen LogP contribution in [0.3, 0.4) is 0 Å². The fourth-order valence-corrected chi connectivity index (χ4v) is 2.56. The summed E-state index contributed by atoms with van der Waals surface area (Å²) in [6.45, 7) is 0.511. The second-order valence-electron chi connectivity index (χ2n) is 6.49. The molecule has 0 fully saturated rings. The van der Waals surface area contributed by atoms with Crippen molar-refractivity contribution < 1.29 is 24.2 Å². The fraction of sp³-hybridized carbons (Fsp3) is 0.227. The number of amides is 2. The van der Waals surface area contributed by atoms with E-state index in [0.717, 1.165) is 11.6 Å². The van der Waals surface area contributed by atoms with E-state index in [0.29, 0.717) is 30.6 Å². The molecule has 2 rings (SSSR count). The summed E-state index contributed by atoms with van der Waals surface area (Å²) in [4.78, 5) is 34.7. The number of carbonyl (C=O) groups excluding carboxylic acids is 2. The second kappa shape index (κ2) is 13.8. The molecule has 0 heterocycles. The van der Waals surface area contributed by atoms with Gasteiger partial charge in [0.05, 0.1) is 6.04 Å². The Morgan fingerprint density at radius 2 is 1.74 bits per heavy atom. The maximum atomic E-state index is 12.3. The minimum atomic E-state index is -1.08. The van der Waals surface area contributed by atoms with E-state index in [1.807, 2.05) is 30.3 Å². The number of carboxylic acid groups (broad SMARTS) is 1. The lowest BCUT2D eigenvalue weighted by molar-refractivity contribution is -0.131. The van der Waals surface area contributed by atoms with Crippen LogP contribution >= 0.6 is 12.4 Å². The SMILES string of the molecule is Cl.N[C@@H](CCCNC(=O)OCc1ccccc1)C(=O)Nc1ccccc1C=CC(=O)O. The van der Waals surface area contributed by atoms with Crippen molar-refractivity contribution >= 4 is 42.1 Å². The number of nitrogens with two attached hydrogens (primary N) is 1. The number of anilines is 1. The lowest BCUT2D eigenvalue weighted by Crippen LogP contribution is -2.36. The van der Waals surface area contributed by atoms with Gasteiger partial charge in [-0.05, 0) is 36.1 Å². The summed E-state index contributed by atoms with van der Waals surface area (Å²) >= 11 is 0. The summed E-state index contributed by atoms with van der Waals surface area (Å²) < 4.78 is 5.11. The zero-order valence-corrected chi connectivity index (χ0v) is 17.6. The van der Waals surface area contributed by atoms with Crippen LogP contribution in [-0.4, -0.2) is 35.7 Å². The lowest BCUT2D eigenvalue weighted by atomic mass is 10.1. The van der Waals surface area contributed by atoms with Gasteiger partial charge in [0.25, 0.3) is 0 Å². The van der Waals surface area contributed by atoms with Crippen molar-refractivity contribution in [2.24, 2.45) is 5.73 Å². The predicted octanol–water partition coefficient (Wildman–Crippen LogP) is 3.18. The molecule has 9 heteroatoms. The van der Waals surface area contributed by atoms with Crippen molar-refractivity contribution in [3.05, 3.63) is 71.8 Å². The third kappa shape index (κ3) is 9.79. The van der Waals surface area contributed by atoms with Crippen LogP contribution in [0.25, 0.3) is 6.08 Å². The fourth-order valence-electron chi connectivity index (χ4n) is 2.56. The van der Waals surface area contributed by atoms with E-state index in [9.17, 15) is 14.4 Å². The van der Waals surface area contributed by atoms with E-state index in [1.54, 1.807) is 24.3 Å². The van der Waals surface area contributed by atoms with Crippen LogP contribution < -0.4 is 16.4 Å². The van der Waals surface area contributed by atoms with Gasteiger partial charge >= 0.3 is 12.1 Å². The average Bonchev–Trinajstić information content (AvgIpc) is 2.75. The van der Waals surface area contributed by atoms with E-state index in [2.05, 4.69) is 10.6 Å². The smallest absolute Gasteiger partial charge is 0.407 e. The number of hydrogen-bond donors (Lipinski definition) is 4. The number of para-hydroxylation sites is 1. The van der Waals surface area contributed by atoms with E-state index in [-0.39, 0.29) is 19.0 Å². The second-order valence-corrected chi connectivity index (χ2v) is 6.49. The van der Waals surface area contributed by atoms with Crippen LogP contribution in [0, 0.1) is 0 Å². The number of benzene rings is 2. The van der Waals surface area contributed by atoms with Crippen LogP contribution in [0.15, 0.2) is 60.7 Å². The molecule has 0 aliphatic rings. The zero-order chi connectivity index (χ0) is 21.8. The van der Waals surface area contributed by atoms with Gasteiger partial charge in [-0.1, -0.05) is 48.5 Å². The molecule has 0 unspecified atom stereocenters. The van der Waals surface area contributed by atoms with E-state index in [1.165, 1.54) is 6.08 Å². The number of carboxylic acids is 1. The molecular weight excluding hydrogens is 422 g/mol. The van der Waals surface area contributed by atoms with Gasteiger partial charge in [0, 0.05) is 18.3 Å². The predicted molar refractivity (Wildman–Crippen MR) is 121 cm³/mol. The van der Waals surface area contributed by atoms with Crippen molar-refractivity contribution in [1.29, 1.82) is 0 Å². The summed E-state index contributed by atoms with van der Waals surface area (Å²) in [6.07, 6.45) is 2.71. The van der Waals surface area contributed by atoms with Gasteiger partial charge in [-0.2, -0.15) is 0 Å². The summed E-state index contributed by atoms with van der Waals surface area (Å²) in [5.41, 5.74) is 7.84. The Kier molecular flexibility index (Phi) is 11.4. The molecular formula is C22H26ClN3O5. The van der Waals surface area contributed by atoms with Gasteiger partial charge in [0.2, 0.25) is 5.91 Å². The Hall–Kier alpha value is -3.36. The topological polar surface area (TPSA) is 131 Å². The Bertz CT molecular complexity index is 890. The van der Waals surface area contributed by atoms with E-state index < -0.39 is 24.0 Å². The molecule has 2 aromatic rings.